The van der Waals surface area contributed by atoms with E-state index in [9.17, 15) is 57.1 Å². The molecule has 50 heavy (non-hydrogen) atoms. The van der Waals surface area contributed by atoms with Crippen LogP contribution in [0.3, 0.4) is 0 Å². The monoisotopic (exact) mass is 800 g/mol. The Bertz CT molecular complexity index is 1870. The molecule has 5 aromatic rings. The molecule has 1 heterocycles. The molecule has 0 amide bonds. The molecule has 1 aromatic heterocycles. The van der Waals surface area contributed by atoms with Crippen LogP contribution in [0.5, 0.6) is 0 Å². The smallest absolute Gasteiger partial charge is 0.766 e. The van der Waals surface area contributed by atoms with Crippen LogP contribution in [0.4, 0.5) is 57.1 Å². The van der Waals surface area contributed by atoms with E-state index in [0.717, 1.165) is 35.4 Å². The van der Waals surface area contributed by atoms with Crippen molar-refractivity contribution in [3.8, 4) is 11.1 Å². The summed E-state index contributed by atoms with van der Waals surface area (Å²) < 4.78 is 199. The fraction of sp³-hybridized carbons (Fsp3) is 0.143. The van der Waals surface area contributed by atoms with Crippen molar-refractivity contribution >= 4 is 51.8 Å². The fourth-order valence-electron chi connectivity index (χ4n) is 3.43. The van der Waals surface area contributed by atoms with E-state index < -0.39 is 59.8 Å². The van der Waals surface area contributed by atoms with Gasteiger partial charge in [0.1, 0.15) is 33.7 Å². The largest absolute Gasteiger partial charge is 1.00 e. The molecular formula is C28H18F13NaO5S3. The van der Waals surface area contributed by atoms with Crippen LogP contribution in [-0.2, 0) is 26.7 Å². The summed E-state index contributed by atoms with van der Waals surface area (Å²) >= 11 is -3.93. The molecule has 0 radical (unpaired) electrons. The summed E-state index contributed by atoms with van der Waals surface area (Å²) in [6, 6.07) is 18.8. The van der Waals surface area contributed by atoms with Gasteiger partial charge in [0, 0.05) is 22.9 Å². The van der Waals surface area contributed by atoms with Crippen molar-refractivity contribution in [2.75, 3.05) is 0 Å². The van der Waals surface area contributed by atoms with Crippen molar-refractivity contribution in [2.45, 2.75) is 24.0 Å². The van der Waals surface area contributed by atoms with Gasteiger partial charge in [-0.25, -0.2) is 26.0 Å². The molecule has 0 saturated heterocycles. The van der Waals surface area contributed by atoms with E-state index in [0.29, 0.717) is 10.8 Å². The molecule has 4 aromatic carbocycles. The normalized spacial score (nSPS) is 12.1. The van der Waals surface area contributed by atoms with E-state index in [1.54, 1.807) is 24.3 Å². The molecule has 0 aliphatic rings. The van der Waals surface area contributed by atoms with E-state index in [1.165, 1.54) is 36.4 Å². The summed E-state index contributed by atoms with van der Waals surface area (Å²) in [5.41, 5.74) is -13.5. The van der Waals surface area contributed by atoms with Crippen LogP contribution >= 0.6 is 10.5 Å². The Morgan fingerprint density at radius 3 is 1.06 bits per heavy atom. The molecule has 0 spiro atoms. The van der Waals surface area contributed by atoms with Crippen LogP contribution in [0.2, 0.25) is 0 Å². The molecule has 1 unspecified atom stereocenters. The Balaban J connectivity index is 0.000000686. The van der Waals surface area contributed by atoms with Gasteiger partial charge in [0.05, 0.1) is 11.1 Å². The summed E-state index contributed by atoms with van der Waals surface area (Å²) in [5.74, 6) is -1.99. The molecule has 5 rings (SSSR count). The minimum atomic E-state index is -6.09. The van der Waals surface area contributed by atoms with Gasteiger partial charge in [-0.15, -0.1) is 13.2 Å². The third kappa shape index (κ3) is 13.7. The van der Waals surface area contributed by atoms with Gasteiger partial charge in [0.25, 0.3) is 0 Å². The van der Waals surface area contributed by atoms with Crippen LogP contribution in [0.25, 0.3) is 31.3 Å². The van der Waals surface area contributed by atoms with E-state index >= 15 is 0 Å². The fourth-order valence-corrected chi connectivity index (χ4v) is 5.42. The van der Waals surface area contributed by atoms with Crippen LogP contribution in [-0.4, -0.2) is 32.7 Å². The first-order valence-corrected chi connectivity index (χ1v) is 15.6. The van der Waals surface area contributed by atoms with E-state index in [2.05, 4.69) is 0 Å². The molecule has 22 heteroatoms. The molecule has 270 valence electrons. The van der Waals surface area contributed by atoms with Gasteiger partial charge in [0.2, 0.25) is 0 Å². The molecule has 0 aliphatic heterocycles. The van der Waals surface area contributed by atoms with Gasteiger partial charge in [0.15, 0.2) is 19.5 Å². The molecule has 1 atom stereocenters. The SMILES string of the molecule is C.Fc1ccc(-c2ccc(F)cc2)cc1.Fc1ccc2c3ccc(F)cc3[s+](C(F)(F)F)c2c1.O=S(=O)([O-])C(F)(F)F.O=S([O-])C(F)(F)F.[Na+]. The van der Waals surface area contributed by atoms with Crippen molar-refractivity contribution in [1.82, 2.24) is 0 Å². The zero-order chi connectivity index (χ0) is 36.8. The van der Waals surface area contributed by atoms with Crippen molar-refractivity contribution in [3.63, 3.8) is 0 Å². The van der Waals surface area contributed by atoms with E-state index in [4.69, 9.17) is 21.7 Å². The van der Waals surface area contributed by atoms with Gasteiger partial charge in [-0.1, -0.05) is 31.7 Å². The van der Waals surface area contributed by atoms with Crippen molar-refractivity contribution < 1.29 is 108 Å². The maximum absolute atomic E-state index is 13.2. The zero-order valence-electron chi connectivity index (χ0n) is 23.8. The second-order valence-corrected chi connectivity index (χ2v) is 12.9. The van der Waals surface area contributed by atoms with Crippen LogP contribution in [0, 0.1) is 23.3 Å². The van der Waals surface area contributed by atoms with Gasteiger partial charge in [-0.05, 0) is 59.7 Å². The van der Waals surface area contributed by atoms with Gasteiger partial charge in [-0.2, -0.15) is 26.3 Å². The second-order valence-electron chi connectivity index (χ2n) is 8.63. The van der Waals surface area contributed by atoms with Crippen LogP contribution in [0.1, 0.15) is 7.43 Å². The number of thiophene rings is 1. The zero-order valence-corrected chi connectivity index (χ0v) is 28.2. The average Bonchev–Trinajstić information content (AvgIpc) is 3.26. The Kier molecular flexibility index (Phi) is 17.6. The predicted octanol–water partition coefficient (Wildman–Crippen LogP) is 7.21. The number of benzene rings is 4. The van der Waals surface area contributed by atoms with Crippen molar-refractivity contribution in [1.29, 1.82) is 0 Å². The maximum atomic E-state index is 13.2. The number of fused-ring (bicyclic) bond motifs is 3. The predicted molar refractivity (Wildman–Crippen MR) is 154 cm³/mol. The summed E-state index contributed by atoms with van der Waals surface area (Å²) in [4.78, 5) is 0. The first-order valence-electron chi connectivity index (χ1n) is 11.9. The first kappa shape index (κ1) is 47.2. The van der Waals surface area contributed by atoms with E-state index in [-0.39, 0.29) is 58.0 Å². The molecule has 0 saturated carbocycles. The summed E-state index contributed by atoms with van der Waals surface area (Å²) in [6.45, 7) is 0. The first-order chi connectivity index (χ1) is 21.8. The van der Waals surface area contributed by atoms with E-state index in [1.807, 2.05) is 0 Å². The maximum Gasteiger partial charge on any atom is 1.00 e. The Labute approximate surface area is 302 Å². The number of halogens is 13. The third-order valence-corrected chi connectivity index (χ3v) is 8.31. The molecule has 0 N–H and O–H groups in total. The third-order valence-electron chi connectivity index (χ3n) is 5.34. The number of hydrogen-bond donors (Lipinski definition) is 0. The minimum Gasteiger partial charge on any atom is -0.766 e. The van der Waals surface area contributed by atoms with Crippen LogP contribution in [0.15, 0.2) is 84.9 Å². The quantitative estimate of drug-likeness (QED) is 0.0447. The standard InChI is InChI=1S/C13H6F5S.C12H8F2.CHF3O3S.CHF3O2S.CH4.Na/c14-7-1-3-9-10-4-2-8(15)6-12(10)19(11(9)5-7)13(16,17)18;13-11-5-1-9(2-6-11)10-3-7-12(14)8-4-10;2-1(3,4)8(5,6)7;2-1(3,4)7(5)6;;/h1-6H;1-8H;(H,5,6,7);(H,5,6);1H4;/q+1;;;;;+1/p-2. The Morgan fingerprint density at radius 2 is 0.840 bits per heavy atom. The van der Waals surface area contributed by atoms with Crippen LogP contribution < -0.4 is 29.6 Å². The Morgan fingerprint density at radius 1 is 0.580 bits per heavy atom. The van der Waals surface area contributed by atoms with Crippen molar-refractivity contribution in [2.24, 2.45) is 0 Å². The number of rotatable bonds is 1. The van der Waals surface area contributed by atoms with Gasteiger partial charge >= 0.3 is 46.1 Å². The second kappa shape index (κ2) is 18.6. The minimum absolute atomic E-state index is 0. The van der Waals surface area contributed by atoms with Gasteiger partial charge in [-0.3, -0.25) is 4.21 Å². The number of alkyl halides is 9. The molecule has 0 aliphatic carbocycles. The van der Waals surface area contributed by atoms with Gasteiger partial charge < -0.3 is 9.11 Å². The van der Waals surface area contributed by atoms with Crippen molar-refractivity contribution in [3.05, 3.63) is 108 Å². The molecule has 5 nitrogen and oxygen atoms in total. The Hall–Kier alpha value is -2.79. The number of hydrogen-bond acceptors (Lipinski definition) is 5. The average molecular weight is 801 g/mol. The molecule has 0 bridgehead atoms. The summed E-state index contributed by atoms with van der Waals surface area (Å²) in [7, 11) is -8.39. The summed E-state index contributed by atoms with van der Waals surface area (Å²) in [5, 5.41) is 0.633. The topological polar surface area (TPSA) is 97.3 Å². The summed E-state index contributed by atoms with van der Waals surface area (Å²) in [6.07, 6.45) is 0. The molecule has 0 fully saturated rings. The molecular weight excluding hydrogens is 782 g/mol.